The number of carbonyl (C=O) groups excluding carboxylic acids is 1. The highest BCUT2D eigenvalue weighted by Crippen LogP contribution is 2.08. The van der Waals surface area contributed by atoms with Gasteiger partial charge in [-0.2, -0.15) is 5.10 Å². The van der Waals surface area contributed by atoms with Gasteiger partial charge in [0.05, 0.1) is 12.8 Å². The number of rotatable bonds is 3. The van der Waals surface area contributed by atoms with E-state index in [2.05, 4.69) is 20.3 Å². The molecule has 5 heteroatoms. The molecule has 1 heterocycles. The number of H-pyrrole nitrogens is 1. The zero-order chi connectivity index (χ0) is 10.6. The molecule has 0 fully saturated rings. The highest BCUT2D eigenvalue weighted by atomic mass is 16.5. The number of amides is 1. The van der Waals surface area contributed by atoms with Crippen molar-refractivity contribution in [3.8, 4) is 0 Å². The van der Waals surface area contributed by atoms with Crippen molar-refractivity contribution in [2.75, 3.05) is 13.7 Å². The maximum atomic E-state index is 10.8. The van der Waals surface area contributed by atoms with Crippen LogP contribution in [0.15, 0.2) is 0 Å². The Morgan fingerprint density at radius 3 is 2.79 bits per heavy atom. The van der Waals surface area contributed by atoms with E-state index in [-0.39, 0.29) is 0 Å². The number of nitrogens with zero attached hydrogens (tertiary/aromatic N) is 1. The van der Waals surface area contributed by atoms with Gasteiger partial charge in [0.1, 0.15) is 0 Å². The van der Waals surface area contributed by atoms with Crippen LogP contribution in [0, 0.1) is 13.8 Å². The molecule has 1 aromatic rings. The van der Waals surface area contributed by atoms with Crippen molar-refractivity contribution in [2.24, 2.45) is 0 Å². The Balaban J connectivity index is 2.42. The van der Waals surface area contributed by atoms with Crippen molar-refractivity contribution in [1.82, 2.24) is 15.5 Å². The Hall–Kier alpha value is -1.52. The standard InChI is InChI=1S/C9H15N3O2/c1-6-8(7(2)12-11-6)4-5-10-9(13)14-3/h4-5H2,1-3H3,(H,10,13)(H,11,12). The molecule has 0 spiro atoms. The number of aryl methyl sites for hydroxylation is 2. The van der Waals surface area contributed by atoms with Crippen LogP contribution in [0.5, 0.6) is 0 Å². The zero-order valence-electron chi connectivity index (χ0n) is 8.68. The number of hydrogen-bond donors (Lipinski definition) is 2. The second kappa shape index (κ2) is 4.64. The smallest absolute Gasteiger partial charge is 0.406 e. The maximum absolute atomic E-state index is 10.8. The molecule has 0 atom stereocenters. The Morgan fingerprint density at radius 1 is 1.57 bits per heavy atom. The minimum Gasteiger partial charge on any atom is -0.453 e. The van der Waals surface area contributed by atoms with Gasteiger partial charge in [-0.05, 0) is 25.8 Å². The Morgan fingerprint density at radius 2 is 2.29 bits per heavy atom. The number of ether oxygens (including phenoxy) is 1. The molecule has 0 bridgehead atoms. The molecule has 1 aromatic heterocycles. The van der Waals surface area contributed by atoms with Gasteiger partial charge in [-0.3, -0.25) is 5.10 Å². The molecule has 0 aliphatic carbocycles. The summed E-state index contributed by atoms with van der Waals surface area (Å²) in [6.45, 7) is 4.47. The molecule has 14 heavy (non-hydrogen) atoms. The van der Waals surface area contributed by atoms with Crippen molar-refractivity contribution in [2.45, 2.75) is 20.3 Å². The molecule has 78 valence electrons. The predicted molar refractivity (Wildman–Crippen MR) is 52.2 cm³/mol. The van der Waals surface area contributed by atoms with E-state index in [4.69, 9.17) is 0 Å². The number of aromatic nitrogens is 2. The van der Waals surface area contributed by atoms with E-state index >= 15 is 0 Å². The summed E-state index contributed by atoms with van der Waals surface area (Å²) in [5, 5.41) is 9.58. The molecular weight excluding hydrogens is 182 g/mol. The van der Waals surface area contributed by atoms with Gasteiger partial charge in [0, 0.05) is 12.2 Å². The van der Waals surface area contributed by atoms with Gasteiger partial charge in [0.25, 0.3) is 0 Å². The van der Waals surface area contributed by atoms with E-state index in [1.165, 1.54) is 7.11 Å². The fourth-order valence-corrected chi connectivity index (χ4v) is 1.30. The third-order valence-electron chi connectivity index (χ3n) is 2.11. The van der Waals surface area contributed by atoms with Crippen molar-refractivity contribution in [1.29, 1.82) is 0 Å². The van der Waals surface area contributed by atoms with E-state index < -0.39 is 6.09 Å². The van der Waals surface area contributed by atoms with E-state index in [0.717, 1.165) is 23.4 Å². The Bertz CT molecular complexity index is 300. The molecule has 0 aromatic carbocycles. The first-order valence-electron chi connectivity index (χ1n) is 4.47. The second-order valence-electron chi connectivity index (χ2n) is 3.08. The Kier molecular flexibility index (Phi) is 3.50. The molecule has 5 nitrogen and oxygen atoms in total. The van der Waals surface area contributed by atoms with Crippen molar-refractivity contribution in [3.05, 3.63) is 17.0 Å². The first-order valence-corrected chi connectivity index (χ1v) is 4.47. The van der Waals surface area contributed by atoms with Gasteiger partial charge in [0.15, 0.2) is 0 Å². The number of aromatic amines is 1. The molecule has 0 aliphatic heterocycles. The topological polar surface area (TPSA) is 67.0 Å². The lowest BCUT2D eigenvalue weighted by molar-refractivity contribution is 0.171. The minimum absolute atomic E-state index is 0.399. The quantitative estimate of drug-likeness (QED) is 0.757. The number of carbonyl (C=O) groups is 1. The SMILES string of the molecule is COC(=O)NCCc1c(C)n[nH]c1C. The van der Waals surface area contributed by atoms with E-state index in [1.54, 1.807) is 0 Å². The van der Waals surface area contributed by atoms with Crippen LogP contribution in [-0.2, 0) is 11.2 Å². The molecule has 0 radical (unpaired) electrons. The van der Waals surface area contributed by atoms with Gasteiger partial charge in [0.2, 0.25) is 0 Å². The van der Waals surface area contributed by atoms with Crippen LogP contribution in [0.25, 0.3) is 0 Å². The van der Waals surface area contributed by atoms with Crippen molar-refractivity contribution >= 4 is 6.09 Å². The van der Waals surface area contributed by atoms with Gasteiger partial charge in [-0.15, -0.1) is 0 Å². The van der Waals surface area contributed by atoms with Crippen LogP contribution in [0.3, 0.4) is 0 Å². The third kappa shape index (κ3) is 2.48. The first-order chi connectivity index (χ1) is 6.65. The lowest BCUT2D eigenvalue weighted by Crippen LogP contribution is -2.25. The molecule has 2 N–H and O–H groups in total. The minimum atomic E-state index is -0.399. The zero-order valence-corrected chi connectivity index (χ0v) is 8.68. The van der Waals surface area contributed by atoms with E-state index in [9.17, 15) is 4.79 Å². The normalized spacial score (nSPS) is 9.93. The molecule has 1 rings (SSSR count). The molecule has 0 aliphatic rings. The number of methoxy groups -OCH3 is 1. The second-order valence-corrected chi connectivity index (χ2v) is 3.08. The van der Waals surface area contributed by atoms with E-state index in [0.29, 0.717) is 6.54 Å². The molecular formula is C9H15N3O2. The first kappa shape index (κ1) is 10.6. The largest absolute Gasteiger partial charge is 0.453 e. The summed E-state index contributed by atoms with van der Waals surface area (Å²) in [6.07, 6.45) is 0.368. The van der Waals surface area contributed by atoms with Crippen LogP contribution in [0.4, 0.5) is 4.79 Å². The summed E-state index contributed by atoms with van der Waals surface area (Å²) < 4.78 is 4.46. The number of alkyl carbamates (subject to hydrolysis) is 1. The van der Waals surface area contributed by atoms with Crippen LogP contribution >= 0.6 is 0 Å². The highest BCUT2D eigenvalue weighted by molar-refractivity contribution is 5.66. The highest BCUT2D eigenvalue weighted by Gasteiger charge is 2.06. The Labute approximate surface area is 82.8 Å². The van der Waals surface area contributed by atoms with Crippen LogP contribution in [0.1, 0.15) is 17.0 Å². The molecule has 1 amide bonds. The van der Waals surface area contributed by atoms with Crippen LogP contribution < -0.4 is 5.32 Å². The lowest BCUT2D eigenvalue weighted by atomic mass is 10.1. The average Bonchev–Trinajstić information content (AvgIpc) is 2.48. The fourth-order valence-electron chi connectivity index (χ4n) is 1.30. The fraction of sp³-hybridized carbons (Fsp3) is 0.556. The van der Waals surface area contributed by atoms with Gasteiger partial charge < -0.3 is 10.1 Å². The summed E-state index contributed by atoms with van der Waals surface area (Å²) >= 11 is 0. The summed E-state index contributed by atoms with van der Waals surface area (Å²) in [5.74, 6) is 0. The van der Waals surface area contributed by atoms with Gasteiger partial charge in [-0.1, -0.05) is 0 Å². The average molecular weight is 197 g/mol. The summed E-state index contributed by atoms with van der Waals surface area (Å²) in [5.41, 5.74) is 3.18. The summed E-state index contributed by atoms with van der Waals surface area (Å²) in [4.78, 5) is 10.8. The van der Waals surface area contributed by atoms with Crippen LogP contribution in [0.2, 0.25) is 0 Å². The molecule has 0 saturated carbocycles. The molecule has 0 unspecified atom stereocenters. The maximum Gasteiger partial charge on any atom is 0.406 e. The van der Waals surface area contributed by atoms with Gasteiger partial charge in [-0.25, -0.2) is 4.79 Å². The van der Waals surface area contributed by atoms with E-state index in [1.807, 2.05) is 13.8 Å². The summed E-state index contributed by atoms with van der Waals surface area (Å²) in [7, 11) is 1.35. The number of nitrogens with one attached hydrogen (secondary N) is 2. The van der Waals surface area contributed by atoms with Crippen molar-refractivity contribution < 1.29 is 9.53 Å². The van der Waals surface area contributed by atoms with Crippen LogP contribution in [-0.4, -0.2) is 29.9 Å². The summed E-state index contributed by atoms with van der Waals surface area (Å²) in [6, 6.07) is 0. The lowest BCUT2D eigenvalue weighted by Gasteiger charge is -2.03. The molecule has 0 saturated heterocycles. The predicted octanol–water partition coefficient (Wildman–Crippen LogP) is 0.925. The third-order valence-corrected chi connectivity index (χ3v) is 2.11. The van der Waals surface area contributed by atoms with Gasteiger partial charge >= 0.3 is 6.09 Å². The van der Waals surface area contributed by atoms with Crippen molar-refractivity contribution in [3.63, 3.8) is 0 Å². The number of hydrogen-bond acceptors (Lipinski definition) is 3. The monoisotopic (exact) mass is 197 g/mol.